The van der Waals surface area contributed by atoms with E-state index in [1.807, 2.05) is 0 Å². The molecule has 0 aromatic heterocycles. The molecular weight excluding hydrogens is 182 g/mol. The lowest BCUT2D eigenvalue weighted by molar-refractivity contribution is 0.135. The molecule has 0 saturated carbocycles. The number of piperidine rings is 1. The zero-order valence-corrected chi connectivity index (χ0v) is 9.74. The van der Waals surface area contributed by atoms with Crippen LogP contribution >= 0.6 is 11.6 Å². The van der Waals surface area contributed by atoms with Crippen molar-refractivity contribution in [3.63, 3.8) is 0 Å². The van der Waals surface area contributed by atoms with E-state index >= 15 is 0 Å². The monoisotopic (exact) mass is 203 g/mol. The lowest BCUT2D eigenvalue weighted by atomic mass is 10.0. The summed E-state index contributed by atoms with van der Waals surface area (Å²) in [6.45, 7) is 6.80. The maximum Gasteiger partial charge on any atom is 0.0932 e. The number of hydrogen-bond acceptors (Lipinski definition) is 1. The lowest BCUT2D eigenvalue weighted by Crippen LogP contribution is -2.44. The molecule has 0 bridgehead atoms. The summed E-state index contributed by atoms with van der Waals surface area (Å²) in [7, 11) is 0. The van der Waals surface area contributed by atoms with Gasteiger partial charge in [-0.2, -0.15) is 0 Å². The van der Waals surface area contributed by atoms with Gasteiger partial charge in [0.2, 0.25) is 0 Å². The second-order valence-corrected chi connectivity index (χ2v) is 5.11. The van der Waals surface area contributed by atoms with Crippen LogP contribution in [0.3, 0.4) is 0 Å². The van der Waals surface area contributed by atoms with Crippen molar-refractivity contribution in [3.05, 3.63) is 0 Å². The number of unbranched alkanes of at least 4 members (excludes halogenated alkanes) is 1. The molecule has 1 saturated heterocycles. The predicted octanol–water partition coefficient (Wildman–Crippen LogP) is 3.62. The molecule has 0 N–H and O–H groups in total. The van der Waals surface area contributed by atoms with E-state index in [1.165, 1.54) is 45.2 Å². The molecule has 1 rings (SSSR count). The van der Waals surface area contributed by atoms with Crippen LogP contribution < -0.4 is 0 Å². The van der Waals surface area contributed by atoms with E-state index in [0.717, 1.165) is 6.42 Å². The van der Waals surface area contributed by atoms with Crippen LogP contribution in [-0.2, 0) is 0 Å². The van der Waals surface area contributed by atoms with Crippen molar-refractivity contribution >= 4 is 11.6 Å². The Hall–Kier alpha value is 0.250. The summed E-state index contributed by atoms with van der Waals surface area (Å²) in [5, 5.41) is 0. The SMILES string of the molecule is CCCCC(C)(Cl)N1CCCCC1. The first-order valence-corrected chi connectivity index (χ1v) is 5.98. The van der Waals surface area contributed by atoms with Crippen LogP contribution in [0.15, 0.2) is 0 Å². The minimum Gasteiger partial charge on any atom is -0.285 e. The molecule has 0 aliphatic carbocycles. The number of hydrogen-bond donors (Lipinski definition) is 0. The van der Waals surface area contributed by atoms with Gasteiger partial charge in [0.1, 0.15) is 0 Å². The van der Waals surface area contributed by atoms with E-state index in [9.17, 15) is 0 Å². The average molecular weight is 204 g/mol. The third-order valence-corrected chi connectivity index (χ3v) is 3.43. The molecule has 1 atom stereocenters. The van der Waals surface area contributed by atoms with Gasteiger partial charge in [0, 0.05) is 0 Å². The van der Waals surface area contributed by atoms with Crippen LogP contribution in [0.5, 0.6) is 0 Å². The van der Waals surface area contributed by atoms with Gasteiger partial charge in [0.25, 0.3) is 0 Å². The van der Waals surface area contributed by atoms with Crippen LogP contribution in [0.1, 0.15) is 52.4 Å². The third kappa shape index (κ3) is 3.47. The van der Waals surface area contributed by atoms with Crippen molar-refractivity contribution in [2.45, 2.75) is 57.4 Å². The van der Waals surface area contributed by atoms with E-state index in [0.29, 0.717) is 0 Å². The molecule has 1 unspecified atom stereocenters. The number of halogens is 1. The topological polar surface area (TPSA) is 3.24 Å². The quantitative estimate of drug-likeness (QED) is 0.499. The molecule has 0 aromatic carbocycles. The van der Waals surface area contributed by atoms with Gasteiger partial charge in [0.15, 0.2) is 0 Å². The van der Waals surface area contributed by atoms with E-state index in [1.54, 1.807) is 0 Å². The Labute approximate surface area is 87.4 Å². The molecule has 2 heteroatoms. The predicted molar refractivity (Wildman–Crippen MR) is 59.2 cm³/mol. The fourth-order valence-corrected chi connectivity index (χ4v) is 2.32. The van der Waals surface area contributed by atoms with Gasteiger partial charge in [-0.25, -0.2) is 0 Å². The number of rotatable bonds is 4. The molecule has 0 radical (unpaired) electrons. The summed E-state index contributed by atoms with van der Waals surface area (Å²) in [6, 6.07) is 0. The first-order valence-electron chi connectivity index (χ1n) is 5.61. The second-order valence-electron chi connectivity index (χ2n) is 4.29. The van der Waals surface area contributed by atoms with E-state index in [-0.39, 0.29) is 5.00 Å². The van der Waals surface area contributed by atoms with Crippen LogP contribution in [0.25, 0.3) is 0 Å². The molecule has 1 aliphatic rings. The van der Waals surface area contributed by atoms with Gasteiger partial charge in [-0.3, -0.25) is 4.90 Å². The molecule has 0 aromatic rings. The Morgan fingerprint density at radius 1 is 1.23 bits per heavy atom. The average Bonchev–Trinajstić information content (AvgIpc) is 2.16. The van der Waals surface area contributed by atoms with E-state index < -0.39 is 0 Å². The highest BCUT2D eigenvalue weighted by Gasteiger charge is 2.29. The van der Waals surface area contributed by atoms with Crippen molar-refractivity contribution in [2.24, 2.45) is 0 Å². The Balaban J connectivity index is 2.36. The summed E-state index contributed by atoms with van der Waals surface area (Å²) >= 11 is 6.52. The third-order valence-electron chi connectivity index (χ3n) is 3.00. The number of nitrogens with zero attached hydrogens (tertiary/aromatic N) is 1. The molecule has 1 heterocycles. The van der Waals surface area contributed by atoms with Crippen molar-refractivity contribution in [3.8, 4) is 0 Å². The van der Waals surface area contributed by atoms with Gasteiger partial charge in [-0.05, 0) is 39.3 Å². The standard InChI is InChI=1S/C11H22ClN/c1-3-4-8-11(2,12)13-9-6-5-7-10-13/h3-10H2,1-2H3. The molecule has 1 aliphatic heterocycles. The van der Waals surface area contributed by atoms with Crippen molar-refractivity contribution in [1.29, 1.82) is 0 Å². The smallest absolute Gasteiger partial charge is 0.0932 e. The normalized spacial score (nSPS) is 24.2. The zero-order valence-electron chi connectivity index (χ0n) is 8.98. The Morgan fingerprint density at radius 3 is 2.38 bits per heavy atom. The fraction of sp³-hybridized carbons (Fsp3) is 1.00. The van der Waals surface area contributed by atoms with E-state index in [2.05, 4.69) is 18.7 Å². The molecule has 78 valence electrons. The van der Waals surface area contributed by atoms with Gasteiger partial charge in [0.05, 0.1) is 5.00 Å². The minimum absolute atomic E-state index is 0.0730. The maximum atomic E-state index is 6.52. The van der Waals surface area contributed by atoms with Crippen LogP contribution in [-0.4, -0.2) is 23.0 Å². The number of likely N-dealkylation sites (tertiary alicyclic amines) is 1. The van der Waals surface area contributed by atoms with Gasteiger partial charge >= 0.3 is 0 Å². The first kappa shape index (κ1) is 11.3. The summed E-state index contributed by atoms with van der Waals surface area (Å²) in [5.41, 5.74) is 0. The molecular formula is C11H22ClN. The first-order chi connectivity index (χ1) is 6.17. The largest absolute Gasteiger partial charge is 0.285 e. The van der Waals surface area contributed by atoms with Crippen LogP contribution in [0, 0.1) is 0 Å². The second kappa shape index (κ2) is 5.21. The molecule has 1 nitrogen and oxygen atoms in total. The molecule has 13 heavy (non-hydrogen) atoms. The Bertz CT molecular complexity index is 139. The number of alkyl halides is 1. The highest BCUT2D eigenvalue weighted by atomic mass is 35.5. The lowest BCUT2D eigenvalue weighted by Gasteiger charge is -2.39. The molecule has 0 spiro atoms. The fourth-order valence-electron chi connectivity index (χ4n) is 2.02. The van der Waals surface area contributed by atoms with Crippen LogP contribution in [0.2, 0.25) is 0 Å². The van der Waals surface area contributed by atoms with Crippen molar-refractivity contribution < 1.29 is 0 Å². The van der Waals surface area contributed by atoms with E-state index in [4.69, 9.17) is 11.6 Å². The summed E-state index contributed by atoms with van der Waals surface area (Å²) in [4.78, 5) is 2.38. The van der Waals surface area contributed by atoms with Gasteiger partial charge < -0.3 is 0 Å². The van der Waals surface area contributed by atoms with Gasteiger partial charge in [-0.1, -0.05) is 26.2 Å². The molecule has 1 fully saturated rings. The van der Waals surface area contributed by atoms with Crippen LogP contribution in [0.4, 0.5) is 0 Å². The van der Waals surface area contributed by atoms with Crippen molar-refractivity contribution in [2.75, 3.05) is 13.1 Å². The van der Waals surface area contributed by atoms with Crippen molar-refractivity contribution in [1.82, 2.24) is 4.90 Å². The summed E-state index contributed by atoms with van der Waals surface area (Å²) < 4.78 is 0. The summed E-state index contributed by atoms with van der Waals surface area (Å²) in [6.07, 6.45) is 7.66. The minimum atomic E-state index is -0.0730. The molecule has 0 amide bonds. The zero-order chi connectivity index (χ0) is 9.73. The highest BCUT2D eigenvalue weighted by molar-refractivity contribution is 6.23. The Kier molecular flexibility index (Phi) is 4.54. The van der Waals surface area contributed by atoms with Gasteiger partial charge in [-0.15, -0.1) is 11.6 Å². The maximum absolute atomic E-state index is 6.52. The summed E-state index contributed by atoms with van der Waals surface area (Å²) in [5.74, 6) is 0. The highest BCUT2D eigenvalue weighted by Crippen LogP contribution is 2.29. The Morgan fingerprint density at radius 2 is 1.85 bits per heavy atom.